The van der Waals surface area contributed by atoms with Crippen LogP contribution in [0.5, 0.6) is 0 Å². The summed E-state index contributed by atoms with van der Waals surface area (Å²) in [6.45, 7) is 13.5. The van der Waals surface area contributed by atoms with Gasteiger partial charge in [0.2, 0.25) is 0 Å². The number of pyridine rings is 1. The SMILES string of the molecule is CC(C)(C)c1ccc2c(c1)c1cc(C(C)(C)C)ccc1n2-c1ccc2c(c1)oc1cc(/C=C3/C(=O)c4ccncc4C3=O)oc12. The number of furan rings is 2. The van der Waals surface area contributed by atoms with Crippen LogP contribution in [0.1, 0.15) is 79.1 Å². The Labute approximate surface area is 260 Å². The summed E-state index contributed by atoms with van der Waals surface area (Å²) in [6.07, 6.45) is 4.44. The fraction of sp³-hybridized carbons (Fsp3) is 0.205. The van der Waals surface area contributed by atoms with Gasteiger partial charge in [-0.2, -0.15) is 0 Å². The minimum atomic E-state index is -0.346. The van der Waals surface area contributed by atoms with E-state index in [2.05, 4.69) is 93.6 Å². The summed E-state index contributed by atoms with van der Waals surface area (Å²) in [5.74, 6) is -0.282. The number of hydrogen-bond donors (Lipinski definition) is 0. The molecule has 1 aliphatic rings. The zero-order valence-electron chi connectivity index (χ0n) is 26.1. The number of carbonyl (C=O) groups excluding carboxylic acids is 2. The lowest BCUT2D eigenvalue weighted by Crippen LogP contribution is -2.10. The Kier molecular flexibility index (Phi) is 5.55. The van der Waals surface area contributed by atoms with Gasteiger partial charge in [0.05, 0.1) is 27.6 Å². The predicted molar refractivity (Wildman–Crippen MR) is 179 cm³/mol. The summed E-state index contributed by atoms with van der Waals surface area (Å²) in [4.78, 5) is 29.7. The van der Waals surface area contributed by atoms with Crippen LogP contribution in [-0.2, 0) is 10.8 Å². The van der Waals surface area contributed by atoms with Gasteiger partial charge in [0.25, 0.3) is 0 Å². The first-order valence-corrected chi connectivity index (χ1v) is 15.2. The van der Waals surface area contributed by atoms with E-state index < -0.39 is 0 Å². The fourth-order valence-corrected chi connectivity index (χ4v) is 6.44. The quantitative estimate of drug-likeness (QED) is 0.147. The molecule has 222 valence electrons. The largest absolute Gasteiger partial charge is 0.452 e. The van der Waals surface area contributed by atoms with Gasteiger partial charge in [0.1, 0.15) is 11.3 Å². The lowest BCUT2D eigenvalue weighted by Gasteiger charge is -2.19. The van der Waals surface area contributed by atoms with E-state index in [1.54, 1.807) is 12.1 Å². The molecule has 8 rings (SSSR count). The van der Waals surface area contributed by atoms with Gasteiger partial charge in [-0.15, -0.1) is 0 Å². The summed E-state index contributed by atoms with van der Waals surface area (Å²) >= 11 is 0. The van der Waals surface area contributed by atoms with Crippen LogP contribution in [0.4, 0.5) is 0 Å². The molecular formula is C39H32N2O4. The number of rotatable bonds is 2. The third-order valence-electron chi connectivity index (χ3n) is 8.99. The van der Waals surface area contributed by atoms with Crippen molar-refractivity contribution in [3.05, 3.63) is 113 Å². The summed E-state index contributed by atoms with van der Waals surface area (Å²) in [5.41, 5.74) is 8.47. The van der Waals surface area contributed by atoms with Crippen LogP contribution in [0.3, 0.4) is 0 Å². The van der Waals surface area contributed by atoms with Crippen LogP contribution in [0.15, 0.2) is 93.5 Å². The summed E-state index contributed by atoms with van der Waals surface area (Å²) in [7, 11) is 0. The number of allylic oxidation sites excluding steroid dienone is 1. The molecule has 45 heavy (non-hydrogen) atoms. The highest BCUT2D eigenvalue weighted by Gasteiger charge is 2.33. The van der Waals surface area contributed by atoms with Gasteiger partial charge in [-0.3, -0.25) is 14.6 Å². The molecule has 6 nitrogen and oxygen atoms in total. The summed E-state index contributed by atoms with van der Waals surface area (Å²) in [6, 6.07) is 23.0. The van der Waals surface area contributed by atoms with Crippen molar-refractivity contribution >= 4 is 61.6 Å². The smallest absolute Gasteiger partial charge is 0.199 e. The molecule has 0 N–H and O–H groups in total. The van der Waals surface area contributed by atoms with Gasteiger partial charge in [0, 0.05) is 46.5 Å². The third kappa shape index (κ3) is 4.12. The van der Waals surface area contributed by atoms with E-state index in [1.807, 2.05) is 12.1 Å². The Balaban J connectivity index is 1.25. The Morgan fingerprint density at radius 1 is 0.667 bits per heavy atom. The first-order chi connectivity index (χ1) is 21.4. The van der Waals surface area contributed by atoms with Crippen LogP contribution < -0.4 is 0 Å². The molecule has 0 aliphatic heterocycles. The average molecular weight is 593 g/mol. The minimum absolute atomic E-state index is 0.0275. The van der Waals surface area contributed by atoms with Gasteiger partial charge in [-0.1, -0.05) is 53.7 Å². The monoisotopic (exact) mass is 592 g/mol. The van der Waals surface area contributed by atoms with Gasteiger partial charge in [0.15, 0.2) is 22.7 Å². The molecule has 0 amide bonds. The number of fused-ring (bicyclic) bond motifs is 7. The molecule has 0 bridgehead atoms. The second kappa shape index (κ2) is 9.14. The first-order valence-electron chi connectivity index (χ1n) is 15.2. The van der Waals surface area contributed by atoms with E-state index >= 15 is 0 Å². The Hall–Kier alpha value is -5.23. The topological polar surface area (TPSA) is 78.2 Å². The third-order valence-corrected chi connectivity index (χ3v) is 8.99. The molecule has 6 heteroatoms. The van der Waals surface area contributed by atoms with E-state index in [-0.39, 0.29) is 28.0 Å². The standard InChI is InChI=1S/C39H32N2O4/c1-38(2,3)21-7-11-31-27(15-21)28-16-22(39(4,5)6)8-12-32(28)41(31)23-9-10-26-33(17-23)45-34-19-24(44-37(26)34)18-29-35(42)25-13-14-40-20-30(25)36(29)43/h7-20H,1-6H3/b29-18-. The zero-order chi connectivity index (χ0) is 31.4. The number of ketones is 2. The molecule has 0 saturated heterocycles. The highest BCUT2D eigenvalue weighted by Crippen LogP contribution is 2.40. The first kappa shape index (κ1) is 27.3. The fourth-order valence-electron chi connectivity index (χ4n) is 6.44. The molecule has 7 aromatic rings. The van der Waals surface area contributed by atoms with Gasteiger partial charge >= 0.3 is 0 Å². The number of Topliss-reactive ketones (excluding diaryl/α,β-unsaturated/α-hetero) is 2. The lowest BCUT2D eigenvalue weighted by molar-refractivity contribution is 0.0990. The zero-order valence-corrected chi connectivity index (χ0v) is 26.1. The van der Waals surface area contributed by atoms with Crippen molar-refractivity contribution in [1.29, 1.82) is 0 Å². The molecule has 0 spiro atoms. The van der Waals surface area contributed by atoms with Crippen LogP contribution in [-0.4, -0.2) is 21.1 Å². The maximum Gasteiger partial charge on any atom is 0.199 e. The molecule has 4 aromatic heterocycles. The molecular weight excluding hydrogens is 560 g/mol. The van der Waals surface area contributed by atoms with Crippen molar-refractivity contribution in [3.63, 3.8) is 0 Å². The van der Waals surface area contributed by atoms with E-state index in [9.17, 15) is 9.59 Å². The second-order valence-electron chi connectivity index (χ2n) is 14.1. The van der Waals surface area contributed by atoms with Crippen molar-refractivity contribution in [1.82, 2.24) is 9.55 Å². The maximum atomic E-state index is 12.9. The molecule has 0 fully saturated rings. The van der Waals surface area contributed by atoms with Crippen molar-refractivity contribution in [2.24, 2.45) is 0 Å². The molecule has 0 atom stereocenters. The molecule has 0 saturated carbocycles. The maximum absolute atomic E-state index is 12.9. The van der Waals surface area contributed by atoms with E-state index in [1.165, 1.54) is 40.4 Å². The molecule has 0 radical (unpaired) electrons. The van der Waals surface area contributed by atoms with Crippen molar-refractivity contribution in [2.45, 2.75) is 52.4 Å². The van der Waals surface area contributed by atoms with Crippen LogP contribution in [0.2, 0.25) is 0 Å². The number of hydrogen-bond acceptors (Lipinski definition) is 5. The summed E-state index contributed by atoms with van der Waals surface area (Å²) < 4.78 is 14.7. The van der Waals surface area contributed by atoms with Crippen LogP contribution in [0.25, 0.3) is 55.7 Å². The predicted octanol–water partition coefficient (Wildman–Crippen LogP) is 9.73. The molecule has 4 heterocycles. The normalized spacial score (nSPS) is 15.0. The Bertz CT molecular complexity index is 2320. The van der Waals surface area contributed by atoms with Crippen LogP contribution in [0, 0.1) is 0 Å². The number of benzene rings is 3. The average Bonchev–Trinajstić information content (AvgIpc) is 3.71. The highest BCUT2D eigenvalue weighted by atomic mass is 16.4. The molecule has 0 unspecified atom stereocenters. The number of nitrogens with zero attached hydrogens (tertiary/aromatic N) is 2. The Morgan fingerprint density at radius 3 is 1.93 bits per heavy atom. The molecule has 1 aliphatic carbocycles. The van der Waals surface area contributed by atoms with E-state index in [0.29, 0.717) is 33.6 Å². The summed E-state index contributed by atoms with van der Waals surface area (Å²) in [5, 5.41) is 3.27. The highest BCUT2D eigenvalue weighted by molar-refractivity contribution is 6.41. The van der Waals surface area contributed by atoms with Crippen molar-refractivity contribution in [2.75, 3.05) is 0 Å². The molecule has 3 aromatic carbocycles. The van der Waals surface area contributed by atoms with Crippen molar-refractivity contribution in [3.8, 4) is 5.69 Å². The minimum Gasteiger partial charge on any atom is -0.452 e. The number of aromatic nitrogens is 2. The Morgan fingerprint density at radius 2 is 1.31 bits per heavy atom. The lowest BCUT2D eigenvalue weighted by atomic mass is 9.85. The van der Waals surface area contributed by atoms with Crippen molar-refractivity contribution < 1.29 is 18.4 Å². The number of carbonyl (C=O) groups is 2. The van der Waals surface area contributed by atoms with Gasteiger partial charge in [-0.05, 0) is 70.5 Å². The second-order valence-corrected chi connectivity index (χ2v) is 14.1. The van der Waals surface area contributed by atoms with E-state index in [4.69, 9.17) is 8.83 Å². The van der Waals surface area contributed by atoms with Gasteiger partial charge < -0.3 is 13.4 Å². The van der Waals surface area contributed by atoms with Crippen LogP contribution >= 0.6 is 0 Å². The van der Waals surface area contributed by atoms with Gasteiger partial charge in [-0.25, -0.2) is 0 Å². The van der Waals surface area contributed by atoms with E-state index in [0.717, 1.165) is 22.1 Å².